The van der Waals surface area contributed by atoms with E-state index >= 15 is 0 Å². The predicted octanol–water partition coefficient (Wildman–Crippen LogP) is -0.825. The van der Waals surface area contributed by atoms with Crippen molar-refractivity contribution in [3.05, 3.63) is 0 Å². The van der Waals surface area contributed by atoms with E-state index < -0.39 is 63.6 Å². The molecule has 0 rings (SSSR count). The zero-order valence-electron chi connectivity index (χ0n) is 13.8. The summed E-state index contributed by atoms with van der Waals surface area (Å²) >= 11 is 0. The van der Waals surface area contributed by atoms with Gasteiger partial charge in [0.05, 0.1) is 18.1 Å². The molecule has 0 radical (unpaired) electrons. The molecule has 0 amide bonds. The minimum Gasteiger partial charge on any atom is -0.268 e. The third kappa shape index (κ3) is 14.5. The van der Waals surface area contributed by atoms with Crippen molar-refractivity contribution in [3.8, 4) is 0 Å². The Bertz CT molecular complexity index is 806. The predicted molar refractivity (Wildman–Crippen MR) is 88.7 cm³/mol. The van der Waals surface area contributed by atoms with E-state index in [1.54, 1.807) is 6.92 Å². The fraction of sp³-hybridized carbons (Fsp3) is 1.00. The average molecular weight is 447 g/mol. The zero-order chi connectivity index (χ0) is 19.8. The highest BCUT2D eigenvalue weighted by Crippen LogP contribution is 2.06. The van der Waals surface area contributed by atoms with Gasteiger partial charge in [0, 0.05) is 6.26 Å². The Morgan fingerprint density at radius 2 is 1.08 bits per heavy atom. The summed E-state index contributed by atoms with van der Waals surface area (Å²) in [4.78, 5) is 0. The lowest BCUT2D eigenvalue weighted by Crippen LogP contribution is -2.20. The van der Waals surface area contributed by atoms with Crippen LogP contribution < -0.4 is 0 Å². The lowest BCUT2D eigenvalue weighted by Gasteiger charge is -2.07. The standard InChI is InChI=1S/C10H22O11S4/c1-3-6-19-25(17,18)10-21-24(15,16)8-5-4-7-23(13,14)20-9-22(2,11)12/h3-10H2,1-2H3. The second kappa shape index (κ2) is 10.1. The van der Waals surface area contributed by atoms with Gasteiger partial charge in [0.1, 0.15) is 0 Å². The Morgan fingerprint density at radius 1 is 0.640 bits per heavy atom. The molecule has 0 atom stereocenters. The lowest BCUT2D eigenvalue weighted by molar-refractivity contribution is 0.287. The Balaban J connectivity index is 4.27. The third-order valence-corrected chi connectivity index (χ3v) is 6.63. The summed E-state index contributed by atoms with van der Waals surface area (Å²) in [5.74, 6) is -3.36. The van der Waals surface area contributed by atoms with Gasteiger partial charge in [-0.1, -0.05) is 6.92 Å². The van der Waals surface area contributed by atoms with Crippen LogP contribution in [-0.4, -0.2) is 69.9 Å². The Labute approximate surface area is 148 Å². The molecule has 0 unspecified atom stereocenters. The van der Waals surface area contributed by atoms with E-state index in [1.807, 2.05) is 0 Å². The van der Waals surface area contributed by atoms with Gasteiger partial charge in [-0.2, -0.15) is 25.3 Å². The van der Waals surface area contributed by atoms with E-state index in [0.717, 1.165) is 6.26 Å². The van der Waals surface area contributed by atoms with Crippen LogP contribution in [0.3, 0.4) is 0 Å². The molecule has 0 heterocycles. The highest BCUT2D eigenvalue weighted by Gasteiger charge is 2.20. The quantitative estimate of drug-likeness (QED) is 0.242. The van der Waals surface area contributed by atoms with Crippen molar-refractivity contribution in [1.82, 2.24) is 0 Å². The highest BCUT2D eigenvalue weighted by molar-refractivity contribution is 7.92. The van der Waals surface area contributed by atoms with E-state index in [0.29, 0.717) is 6.42 Å². The van der Waals surface area contributed by atoms with Crippen molar-refractivity contribution < 1.29 is 46.2 Å². The van der Waals surface area contributed by atoms with Crippen LogP contribution in [0.25, 0.3) is 0 Å². The summed E-state index contributed by atoms with van der Waals surface area (Å²) in [6, 6.07) is 0. The van der Waals surface area contributed by atoms with Gasteiger partial charge in [-0.05, 0) is 19.3 Å². The first-order valence-corrected chi connectivity index (χ1v) is 13.8. The van der Waals surface area contributed by atoms with Crippen LogP contribution in [0.1, 0.15) is 26.2 Å². The minimum atomic E-state index is -4.18. The summed E-state index contributed by atoms with van der Waals surface area (Å²) in [7, 11) is -16.0. The Morgan fingerprint density at radius 3 is 1.48 bits per heavy atom. The van der Waals surface area contributed by atoms with Crippen molar-refractivity contribution in [3.63, 3.8) is 0 Å². The first-order valence-electron chi connectivity index (χ1n) is 6.97. The van der Waals surface area contributed by atoms with Gasteiger partial charge >= 0.3 is 0 Å². The van der Waals surface area contributed by atoms with Crippen molar-refractivity contribution in [1.29, 1.82) is 0 Å². The summed E-state index contributed by atoms with van der Waals surface area (Å²) in [6.07, 6.45) is 0.917. The second-order valence-electron chi connectivity index (χ2n) is 5.01. The van der Waals surface area contributed by atoms with Crippen LogP contribution >= 0.6 is 0 Å². The molecule has 0 aromatic heterocycles. The molecule has 0 spiro atoms. The van der Waals surface area contributed by atoms with Gasteiger partial charge in [-0.3, -0.25) is 12.5 Å². The summed E-state index contributed by atoms with van der Waals surface area (Å²) < 4.78 is 103. The third-order valence-electron chi connectivity index (χ3n) is 2.32. The normalized spacial score (nSPS) is 13.8. The summed E-state index contributed by atoms with van der Waals surface area (Å²) in [6.45, 7) is 1.57. The van der Waals surface area contributed by atoms with Gasteiger partial charge in [-0.15, -0.1) is 0 Å². The largest absolute Gasteiger partial charge is 0.293 e. The van der Waals surface area contributed by atoms with Gasteiger partial charge in [-0.25, -0.2) is 8.42 Å². The molecule has 0 fully saturated rings. The topological polar surface area (TPSA) is 164 Å². The van der Waals surface area contributed by atoms with Crippen molar-refractivity contribution >= 4 is 40.2 Å². The van der Waals surface area contributed by atoms with Crippen LogP contribution in [0, 0.1) is 0 Å². The van der Waals surface area contributed by atoms with Crippen molar-refractivity contribution in [2.75, 3.05) is 36.2 Å². The monoisotopic (exact) mass is 446 g/mol. The molecule has 0 saturated carbocycles. The van der Waals surface area contributed by atoms with Crippen LogP contribution in [0.5, 0.6) is 0 Å². The first-order chi connectivity index (χ1) is 11.2. The lowest BCUT2D eigenvalue weighted by atomic mass is 10.4. The zero-order valence-corrected chi connectivity index (χ0v) is 17.0. The molecular weight excluding hydrogens is 424 g/mol. The molecule has 0 bridgehead atoms. The molecule has 11 nitrogen and oxygen atoms in total. The van der Waals surface area contributed by atoms with Crippen LogP contribution in [-0.2, 0) is 52.7 Å². The fourth-order valence-electron chi connectivity index (χ4n) is 1.21. The number of hydrogen-bond acceptors (Lipinski definition) is 11. The van der Waals surface area contributed by atoms with Gasteiger partial charge in [0.2, 0.25) is 0 Å². The number of sulfone groups is 1. The maximum atomic E-state index is 11.5. The van der Waals surface area contributed by atoms with Gasteiger partial charge < -0.3 is 0 Å². The molecule has 0 aromatic carbocycles. The van der Waals surface area contributed by atoms with E-state index in [4.69, 9.17) is 0 Å². The van der Waals surface area contributed by atoms with Crippen molar-refractivity contribution in [2.24, 2.45) is 0 Å². The number of unbranched alkanes of at least 4 members (excludes halogenated alkanes) is 1. The maximum Gasteiger partial charge on any atom is 0.293 e. The molecular formula is C10H22O11S4. The molecule has 152 valence electrons. The summed E-state index contributed by atoms with van der Waals surface area (Å²) in [5, 5.41) is 0. The molecule has 0 N–H and O–H groups in total. The van der Waals surface area contributed by atoms with E-state index in [9.17, 15) is 33.7 Å². The molecule has 0 aliphatic heterocycles. The molecule has 0 aliphatic carbocycles. The van der Waals surface area contributed by atoms with Gasteiger partial charge in [0.25, 0.3) is 30.4 Å². The van der Waals surface area contributed by atoms with Crippen molar-refractivity contribution in [2.45, 2.75) is 26.2 Å². The molecule has 0 saturated heterocycles. The fourth-order valence-corrected chi connectivity index (χ4v) is 5.40. The van der Waals surface area contributed by atoms with Gasteiger partial charge in [0.15, 0.2) is 21.7 Å². The smallest absolute Gasteiger partial charge is 0.268 e. The van der Waals surface area contributed by atoms with E-state index in [1.165, 1.54) is 0 Å². The van der Waals surface area contributed by atoms with E-state index in [-0.39, 0.29) is 19.4 Å². The van der Waals surface area contributed by atoms with Crippen LogP contribution in [0.2, 0.25) is 0 Å². The Kier molecular flexibility index (Phi) is 10.00. The highest BCUT2D eigenvalue weighted by atomic mass is 32.2. The SMILES string of the molecule is CCCOS(=O)(=O)COS(=O)(=O)CCCCS(=O)(=O)OCS(C)(=O)=O. The Hall–Kier alpha value is -0.320. The summed E-state index contributed by atoms with van der Waals surface area (Å²) in [5.41, 5.74) is 0. The number of hydrogen-bond donors (Lipinski definition) is 0. The average Bonchev–Trinajstić information content (AvgIpc) is 2.46. The second-order valence-corrected chi connectivity index (χ2v) is 12.2. The molecule has 15 heteroatoms. The van der Waals surface area contributed by atoms with Crippen LogP contribution in [0.4, 0.5) is 0 Å². The molecule has 0 aliphatic rings. The van der Waals surface area contributed by atoms with Crippen LogP contribution in [0.15, 0.2) is 0 Å². The molecule has 25 heavy (non-hydrogen) atoms. The van der Waals surface area contributed by atoms with E-state index in [2.05, 4.69) is 12.5 Å². The minimum absolute atomic E-state index is 0.100. The maximum absolute atomic E-state index is 11.5. The number of rotatable bonds is 14. The first kappa shape index (κ1) is 24.7. The molecule has 0 aromatic rings.